The summed E-state index contributed by atoms with van der Waals surface area (Å²) in [5, 5.41) is 5.89. The Morgan fingerprint density at radius 2 is 2.00 bits per heavy atom. The molecular weight excluding hydrogens is 380 g/mol. The lowest BCUT2D eigenvalue weighted by Crippen LogP contribution is -2.21. The Balaban J connectivity index is 1.59. The standard InChI is InChI=1S/C20H21ClN4OS/c1-12(2)7-8-27-20-23-19-22-17-9-14(13-3-5-15(21)6-4-13)10-18(26)16(17)11-25(19)24-20/h3-6,11-12,14H,7-10H2,1-2H3. The van der Waals surface area contributed by atoms with Gasteiger partial charge >= 0.3 is 0 Å². The van der Waals surface area contributed by atoms with E-state index in [9.17, 15) is 4.79 Å². The van der Waals surface area contributed by atoms with E-state index in [1.165, 1.54) is 0 Å². The second-order valence-corrected chi connectivity index (χ2v) is 8.85. The molecule has 27 heavy (non-hydrogen) atoms. The maximum absolute atomic E-state index is 12.7. The zero-order valence-electron chi connectivity index (χ0n) is 15.4. The van der Waals surface area contributed by atoms with Gasteiger partial charge in [0.15, 0.2) is 5.78 Å². The van der Waals surface area contributed by atoms with E-state index in [0.29, 0.717) is 33.9 Å². The molecule has 4 rings (SSSR count). The fourth-order valence-corrected chi connectivity index (χ4v) is 4.47. The molecule has 0 saturated carbocycles. The number of Topliss-reactive ketones (excluding diaryl/α,β-unsaturated/α-hetero) is 1. The molecule has 1 aliphatic rings. The van der Waals surface area contributed by atoms with Crippen molar-refractivity contribution in [3.05, 3.63) is 52.3 Å². The molecule has 1 unspecified atom stereocenters. The molecule has 0 amide bonds. The van der Waals surface area contributed by atoms with Crippen molar-refractivity contribution in [2.75, 3.05) is 5.75 Å². The highest BCUT2D eigenvalue weighted by atomic mass is 35.5. The predicted molar refractivity (Wildman–Crippen MR) is 108 cm³/mol. The summed E-state index contributed by atoms with van der Waals surface area (Å²) >= 11 is 7.62. The molecule has 1 atom stereocenters. The number of hydrogen-bond acceptors (Lipinski definition) is 5. The molecule has 5 nitrogen and oxygen atoms in total. The Hall–Kier alpha value is -1.92. The summed E-state index contributed by atoms with van der Waals surface area (Å²) in [6, 6.07) is 7.72. The highest BCUT2D eigenvalue weighted by Gasteiger charge is 2.28. The molecule has 2 heterocycles. The van der Waals surface area contributed by atoms with Crippen LogP contribution in [-0.2, 0) is 6.42 Å². The van der Waals surface area contributed by atoms with Crippen molar-refractivity contribution in [2.24, 2.45) is 5.92 Å². The van der Waals surface area contributed by atoms with E-state index in [0.717, 1.165) is 29.9 Å². The number of nitrogens with zero attached hydrogens (tertiary/aromatic N) is 4. The van der Waals surface area contributed by atoms with Crippen molar-refractivity contribution < 1.29 is 4.79 Å². The molecule has 7 heteroatoms. The summed E-state index contributed by atoms with van der Waals surface area (Å²) in [5.74, 6) is 2.43. The monoisotopic (exact) mass is 400 g/mol. The third-order valence-corrected chi connectivity index (χ3v) is 5.95. The van der Waals surface area contributed by atoms with Crippen molar-refractivity contribution in [3.8, 4) is 0 Å². The zero-order valence-corrected chi connectivity index (χ0v) is 16.9. The first-order valence-corrected chi connectivity index (χ1v) is 10.5. The summed E-state index contributed by atoms with van der Waals surface area (Å²) in [6.45, 7) is 4.41. The molecule has 0 saturated heterocycles. The van der Waals surface area contributed by atoms with Crippen LogP contribution in [0.25, 0.3) is 5.78 Å². The number of fused-ring (bicyclic) bond motifs is 2. The largest absolute Gasteiger partial charge is 0.294 e. The molecule has 0 aliphatic heterocycles. The van der Waals surface area contributed by atoms with Crippen LogP contribution in [0.15, 0.2) is 35.6 Å². The van der Waals surface area contributed by atoms with Gasteiger partial charge in [0, 0.05) is 23.4 Å². The maximum Gasteiger partial charge on any atom is 0.253 e. The zero-order chi connectivity index (χ0) is 19.0. The van der Waals surface area contributed by atoms with E-state index in [1.54, 1.807) is 22.5 Å². The number of benzene rings is 1. The average molecular weight is 401 g/mol. The molecule has 140 valence electrons. The lowest BCUT2D eigenvalue weighted by Gasteiger charge is -2.23. The van der Waals surface area contributed by atoms with E-state index in [1.807, 2.05) is 24.3 Å². The van der Waals surface area contributed by atoms with Crippen molar-refractivity contribution in [2.45, 2.75) is 44.2 Å². The summed E-state index contributed by atoms with van der Waals surface area (Å²) in [4.78, 5) is 21.9. The second kappa shape index (κ2) is 7.60. The molecule has 0 bridgehead atoms. The van der Waals surface area contributed by atoms with Crippen LogP contribution in [-0.4, -0.2) is 31.1 Å². The van der Waals surface area contributed by atoms with Crippen LogP contribution >= 0.6 is 23.4 Å². The number of carbonyl (C=O) groups excluding carboxylic acids is 1. The number of halogens is 1. The van der Waals surface area contributed by atoms with Gasteiger partial charge in [-0.15, -0.1) is 5.10 Å². The van der Waals surface area contributed by atoms with E-state index >= 15 is 0 Å². The van der Waals surface area contributed by atoms with Crippen LogP contribution in [0.3, 0.4) is 0 Å². The van der Waals surface area contributed by atoms with Crippen LogP contribution < -0.4 is 0 Å². The van der Waals surface area contributed by atoms with Gasteiger partial charge in [-0.25, -0.2) is 9.50 Å². The highest BCUT2D eigenvalue weighted by molar-refractivity contribution is 7.99. The van der Waals surface area contributed by atoms with Crippen LogP contribution in [0.2, 0.25) is 5.02 Å². The third-order valence-electron chi connectivity index (χ3n) is 4.83. The first-order valence-electron chi connectivity index (χ1n) is 9.17. The van der Waals surface area contributed by atoms with Gasteiger partial charge in [0.25, 0.3) is 5.78 Å². The molecule has 3 aromatic rings. The molecule has 0 radical (unpaired) electrons. The van der Waals surface area contributed by atoms with Gasteiger partial charge in [-0.3, -0.25) is 4.79 Å². The summed E-state index contributed by atoms with van der Waals surface area (Å²) in [5.41, 5.74) is 2.59. The minimum atomic E-state index is 0.107. The van der Waals surface area contributed by atoms with Gasteiger partial charge in [0.1, 0.15) is 0 Å². The Labute approximate surface area is 167 Å². The molecular formula is C20H21ClN4OS. The molecule has 1 aromatic carbocycles. The normalized spacial score (nSPS) is 16.9. The van der Waals surface area contributed by atoms with Gasteiger partial charge in [-0.2, -0.15) is 4.98 Å². The van der Waals surface area contributed by atoms with Gasteiger partial charge in [-0.05, 0) is 42.4 Å². The number of hydrogen-bond donors (Lipinski definition) is 0. The topological polar surface area (TPSA) is 60.1 Å². The average Bonchev–Trinajstić information content (AvgIpc) is 3.02. The number of ketones is 1. The number of aromatic nitrogens is 4. The van der Waals surface area contributed by atoms with Crippen molar-refractivity contribution in [1.82, 2.24) is 19.6 Å². The van der Waals surface area contributed by atoms with Crippen molar-refractivity contribution in [3.63, 3.8) is 0 Å². The van der Waals surface area contributed by atoms with Gasteiger partial charge < -0.3 is 0 Å². The first kappa shape index (κ1) is 18.4. The van der Waals surface area contributed by atoms with Gasteiger partial charge in [0.2, 0.25) is 5.16 Å². The molecule has 0 spiro atoms. The smallest absolute Gasteiger partial charge is 0.253 e. The van der Waals surface area contributed by atoms with Crippen LogP contribution in [0.5, 0.6) is 0 Å². The van der Waals surface area contributed by atoms with E-state index in [-0.39, 0.29) is 11.7 Å². The summed E-state index contributed by atoms with van der Waals surface area (Å²) < 4.78 is 1.64. The molecule has 1 aliphatic carbocycles. The first-order chi connectivity index (χ1) is 13.0. The minimum Gasteiger partial charge on any atom is -0.294 e. The van der Waals surface area contributed by atoms with E-state index < -0.39 is 0 Å². The van der Waals surface area contributed by atoms with Crippen molar-refractivity contribution in [1.29, 1.82) is 0 Å². The molecule has 0 fully saturated rings. The van der Waals surface area contributed by atoms with Crippen LogP contribution in [0, 0.1) is 5.92 Å². The lowest BCUT2D eigenvalue weighted by molar-refractivity contribution is 0.0962. The second-order valence-electron chi connectivity index (χ2n) is 7.35. The SMILES string of the molecule is CC(C)CCSc1nc2nc3c(cn2n1)C(=O)CC(c1ccc(Cl)cc1)C3. The van der Waals surface area contributed by atoms with E-state index in [2.05, 4.69) is 28.9 Å². The molecule has 0 N–H and O–H groups in total. The van der Waals surface area contributed by atoms with Crippen molar-refractivity contribution >= 4 is 34.9 Å². The summed E-state index contributed by atoms with van der Waals surface area (Å²) in [7, 11) is 0. The number of rotatable bonds is 5. The van der Waals surface area contributed by atoms with Crippen LogP contribution in [0.4, 0.5) is 0 Å². The van der Waals surface area contributed by atoms with Crippen LogP contribution in [0.1, 0.15) is 54.2 Å². The molecule has 2 aromatic heterocycles. The summed E-state index contributed by atoms with van der Waals surface area (Å²) in [6.07, 6.45) is 4.11. The van der Waals surface area contributed by atoms with Gasteiger partial charge in [-0.1, -0.05) is 49.3 Å². The third kappa shape index (κ3) is 4.01. The Morgan fingerprint density at radius 3 is 2.74 bits per heavy atom. The fraction of sp³-hybridized carbons (Fsp3) is 0.400. The Kier molecular flexibility index (Phi) is 5.19. The minimum absolute atomic E-state index is 0.107. The highest BCUT2D eigenvalue weighted by Crippen LogP contribution is 2.32. The van der Waals surface area contributed by atoms with Gasteiger partial charge in [0.05, 0.1) is 11.3 Å². The Bertz CT molecular complexity index is 984. The number of carbonyl (C=O) groups is 1. The Morgan fingerprint density at radius 1 is 1.22 bits per heavy atom. The fourth-order valence-electron chi connectivity index (χ4n) is 3.28. The maximum atomic E-state index is 12.7. The predicted octanol–water partition coefficient (Wildman–Crippen LogP) is 4.83. The number of thioether (sulfide) groups is 1. The quantitative estimate of drug-likeness (QED) is 0.574. The van der Waals surface area contributed by atoms with E-state index in [4.69, 9.17) is 11.6 Å². The lowest BCUT2D eigenvalue weighted by atomic mass is 9.82.